The van der Waals surface area contributed by atoms with Gasteiger partial charge in [-0.15, -0.1) is 0 Å². The number of hydrogen-bond donors (Lipinski definition) is 0. The maximum atomic E-state index is 12.3. The van der Waals surface area contributed by atoms with Crippen molar-refractivity contribution in [2.24, 2.45) is 0 Å². The molecule has 7 heteroatoms. The van der Waals surface area contributed by atoms with Gasteiger partial charge < -0.3 is 9.47 Å². The average molecular weight is 409 g/mol. The van der Waals surface area contributed by atoms with Crippen LogP contribution in [0.3, 0.4) is 0 Å². The van der Waals surface area contributed by atoms with E-state index in [-0.39, 0.29) is 12.3 Å². The minimum atomic E-state index is -0.581. The van der Waals surface area contributed by atoms with Crippen molar-refractivity contribution in [3.05, 3.63) is 21.8 Å². The van der Waals surface area contributed by atoms with Crippen LogP contribution in [0.15, 0.2) is 10.5 Å². The molecule has 134 valence electrons. The first kappa shape index (κ1) is 17.9. The van der Waals surface area contributed by atoms with E-state index in [0.717, 1.165) is 22.9 Å². The van der Waals surface area contributed by atoms with Crippen molar-refractivity contribution in [3.63, 3.8) is 0 Å². The Hall–Kier alpha value is -1.89. The Morgan fingerprint density at radius 3 is 2.76 bits per heavy atom. The first-order valence-electron chi connectivity index (χ1n) is 8.25. The lowest BCUT2D eigenvalue weighted by Gasteiger charge is -2.21. The van der Waals surface area contributed by atoms with Crippen molar-refractivity contribution in [3.8, 4) is 5.75 Å². The molecule has 0 spiro atoms. The number of esters is 1. The molecule has 0 bridgehead atoms. The molecule has 2 aromatic rings. The molecule has 2 heterocycles. The fourth-order valence-corrected chi connectivity index (χ4v) is 3.61. The number of halogens is 1. The summed E-state index contributed by atoms with van der Waals surface area (Å²) < 4.78 is 13.7. The van der Waals surface area contributed by atoms with Gasteiger partial charge in [-0.05, 0) is 39.7 Å². The van der Waals surface area contributed by atoms with Crippen molar-refractivity contribution >= 4 is 38.6 Å². The fraction of sp³-hybridized carbons (Fsp3) is 0.500. The molecule has 0 radical (unpaired) electrons. The molecule has 1 aliphatic heterocycles. The summed E-state index contributed by atoms with van der Waals surface area (Å²) in [4.78, 5) is 24.3. The molecular formula is C18H21BrN2O4. The Morgan fingerprint density at radius 1 is 1.40 bits per heavy atom. The molecule has 0 atom stereocenters. The van der Waals surface area contributed by atoms with Crippen LogP contribution in [0.2, 0.25) is 0 Å². The molecule has 3 rings (SSSR count). The van der Waals surface area contributed by atoms with Gasteiger partial charge >= 0.3 is 5.97 Å². The van der Waals surface area contributed by atoms with Crippen LogP contribution in [0, 0.1) is 0 Å². The van der Waals surface area contributed by atoms with Gasteiger partial charge in [0.25, 0.3) is 0 Å². The summed E-state index contributed by atoms with van der Waals surface area (Å²) in [5.74, 6) is 0.134. The second-order valence-electron chi connectivity index (χ2n) is 7.16. The zero-order valence-electron chi connectivity index (χ0n) is 14.8. The highest BCUT2D eigenvalue weighted by Gasteiger charge is 2.26. The Bertz CT molecular complexity index is 864. The number of ether oxygens (including phenoxy) is 2. The number of Topliss-reactive ketones (excluding diaryl/α,β-unsaturated/α-hetero) is 1. The van der Waals surface area contributed by atoms with Gasteiger partial charge in [-0.25, -0.2) is 4.68 Å². The molecule has 0 fully saturated rings. The van der Waals surface area contributed by atoms with Crippen LogP contribution in [0.5, 0.6) is 5.75 Å². The predicted molar refractivity (Wildman–Crippen MR) is 97.1 cm³/mol. The molecule has 0 saturated carbocycles. The number of benzene rings is 1. The number of aromatic nitrogens is 2. The summed E-state index contributed by atoms with van der Waals surface area (Å²) in [6, 6.07) is 1.89. The van der Waals surface area contributed by atoms with Gasteiger partial charge in [0.15, 0.2) is 5.78 Å². The summed E-state index contributed by atoms with van der Waals surface area (Å²) >= 11 is 3.57. The molecule has 0 saturated heterocycles. The molecule has 25 heavy (non-hydrogen) atoms. The molecule has 1 aromatic heterocycles. The van der Waals surface area contributed by atoms with Crippen LogP contribution < -0.4 is 4.74 Å². The average Bonchev–Trinajstić information content (AvgIpc) is 2.84. The van der Waals surface area contributed by atoms with Crippen LogP contribution in [0.4, 0.5) is 0 Å². The van der Waals surface area contributed by atoms with Crippen molar-refractivity contribution in [2.75, 3.05) is 6.61 Å². The number of carbonyl (C=O) groups excluding carboxylic acids is 2. The minimum Gasteiger partial charge on any atom is -0.491 e. The minimum absolute atomic E-state index is 0.0710. The quantitative estimate of drug-likeness (QED) is 0.572. The topological polar surface area (TPSA) is 70.4 Å². The largest absolute Gasteiger partial charge is 0.491 e. The summed E-state index contributed by atoms with van der Waals surface area (Å²) in [6.07, 6.45) is 1.80. The molecule has 0 unspecified atom stereocenters. The predicted octanol–water partition coefficient (Wildman–Crippen LogP) is 3.67. The molecule has 6 nitrogen and oxygen atoms in total. The summed E-state index contributed by atoms with van der Waals surface area (Å²) in [7, 11) is 0. The fourth-order valence-electron chi connectivity index (χ4n) is 3.00. The number of carbonyl (C=O) groups is 2. The molecule has 1 aromatic carbocycles. The van der Waals surface area contributed by atoms with E-state index in [1.807, 2.05) is 26.8 Å². The second kappa shape index (κ2) is 6.44. The highest BCUT2D eigenvalue weighted by Crippen LogP contribution is 2.40. The van der Waals surface area contributed by atoms with Crippen molar-refractivity contribution < 1.29 is 19.1 Å². The van der Waals surface area contributed by atoms with Gasteiger partial charge in [-0.1, -0.05) is 15.9 Å². The highest BCUT2D eigenvalue weighted by molar-refractivity contribution is 9.10. The van der Waals surface area contributed by atoms with Gasteiger partial charge in [0.05, 0.1) is 6.61 Å². The van der Waals surface area contributed by atoms with Crippen LogP contribution in [0.25, 0.3) is 10.9 Å². The van der Waals surface area contributed by atoms with E-state index in [9.17, 15) is 9.59 Å². The Balaban J connectivity index is 2.15. The van der Waals surface area contributed by atoms with Gasteiger partial charge in [0.1, 0.15) is 29.1 Å². The Morgan fingerprint density at radius 2 is 2.12 bits per heavy atom. The number of rotatable bonds is 3. The normalized spacial score (nSPS) is 14.1. The SMILES string of the molecule is CC(=O)c1nn(CC(=O)OC(C)(C)C)c2c3c(c(Br)cc12)CCCO3. The number of nitrogens with zero attached hydrogens (tertiary/aromatic N) is 2. The number of fused-ring (bicyclic) bond motifs is 3. The monoisotopic (exact) mass is 408 g/mol. The Kier molecular flexibility index (Phi) is 4.62. The van der Waals surface area contributed by atoms with E-state index >= 15 is 0 Å². The summed E-state index contributed by atoms with van der Waals surface area (Å²) in [6.45, 7) is 7.44. The molecule has 0 N–H and O–H groups in total. The van der Waals surface area contributed by atoms with Gasteiger partial charge in [-0.2, -0.15) is 5.10 Å². The zero-order valence-corrected chi connectivity index (χ0v) is 16.4. The first-order valence-corrected chi connectivity index (χ1v) is 9.04. The Labute approximate surface area is 154 Å². The van der Waals surface area contributed by atoms with E-state index < -0.39 is 11.6 Å². The molecule has 1 aliphatic rings. The van der Waals surface area contributed by atoms with Crippen molar-refractivity contribution in [2.45, 2.75) is 52.7 Å². The lowest BCUT2D eigenvalue weighted by atomic mass is 10.0. The van der Waals surface area contributed by atoms with Crippen LogP contribution in [-0.2, 0) is 22.5 Å². The maximum Gasteiger partial charge on any atom is 0.328 e. The first-order chi connectivity index (χ1) is 11.7. The maximum absolute atomic E-state index is 12.3. The van der Waals surface area contributed by atoms with E-state index in [1.165, 1.54) is 11.6 Å². The summed E-state index contributed by atoms with van der Waals surface area (Å²) in [5.41, 5.74) is 1.46. The number of hydrogen-bond acceptors (Lipinski definition) is 5. The summed E-state index contributed by atoms with van der Waals surface area (Å²) in [5, 5.41) is 5.06. The zero-order chi connectivity index (χ0) is 18.4. The molecular weight excluding hydrogens is 388 g/mol. The van der Waals surface area contributed by atoms with E-state index in [2.05, 4.69) is 21.0 Å². The third-order valence-electron chi connectivity index (χ3n) is 3.89. The van der Waals surface area contributed by atoms with E-state index in [1.54, 1.807) is 0 Å². The molecule has 0 amide bonds. The third-order valence-corrected chi connectivity index (χ3v) is 4.59. The lowest BCUT2D eigenvalue weighted by Crippen LogP contribution is -2.27. The van der Waals surface area contributed by atoms with E-state index in [0.29, 0.717) is 29.0 Å². The van der Waals surface area contributed by atoms with Gasteiger partial charge in [0.2, 0.25) is 0 Å². The highest BCUT2D eigenvalue weighted by atomic mass is 79.9. The van der Waals surface area contributed by atoms with E-state index in [4.69, 9.17) is 9.47 Å². The second-order valence-corrected chi connectivity index (χ2v) is 8.02. The third kappa shape index (κ3) is 3.56. The number of ketones is 1. The van der Waals surface area contributed by atoms with Crippen molar-refractivity contribution in [1.82, 2.24) is 9.78 Å². The molecule has 0 aliphatic carbocycles. The van der Waals surface area contributed by atoms with Gasteiger partial charge in [-0.3, -0.25) is 9.59 Å². The smallest absolute Gasteiger partial charge is 0.328 e. The van der Waals surface area contributed by atoms with Crippen LogP contribution >= 0.6 is 15.9 Å². The van der Waals surface area contributed by atoms with Crippen molar-refractivity contribution in [1.29, 1.82) is 0 Å². The van der Waals surface area contributed by atoms with Crippen LogP contribution in [-0.4, -0.2) is 33.7 Å². The lowest BCUT2D eigenvalue weighted by molar-refractivity contribution is -0.155. The van der Waals surface area contributed by atoms with Crippen LogP contribution in [0.1, 0.15) is 50.2 Å². The standard InChI is InChI=1S/C18H21BrN2O4/c1-10(22)15-12-8-13(19)11-6-5-7-24-17(11)16(12)21(20-15)9-14(23)25-18(2,3)4/h8H,5-7,9H2,1-4H3. The van der Waals surface area contributed by atoms with Gasteiger partial charge in [0, 0.05) is 22.3 Å².